The van der Waals surface area contributed by atoms with E-state index >= 15 is 0 Å². The summed E-state index contributed by atoms with van der Waals surface area (Å²) in [5.74, 6) is -0.182. The number of likely N-dealkylation sites (N-methyl/N-ethyl adjacent to an activating group) is 2. The first-order valence-electron chi connectivity index (χ1n) is 6.85. The SMILES string of the molecule is CN(CC1(N(C)C)CCC1)c1ccc(CN)cc1F. The number of hydrogen-bond donors (Lipinski definition) is 1. The van der Waals surface area contributed by atoms with Gasteiger partial charge >= 0.3 is 0 Å². The summed E-state index contributed by atoms with van der Waals surface area (Å²) in [6.07, 6.45) is 3.64. The van der Waals surface area contributed by atoms with Gasteiger partial charge in [-0.25, -0.2) is 4.39 Å². The van der Waals surface area contributed by atoms with Gasteiger partial charge in [0, 0.05) is 25.7 Å². The van der Waals surface area contributed by atoms with Crippen LogP contribution in [0.2, 0.25) is 0 Å². The van der Waals surface area contributed by atoms with Gasteiger partial charge in [-0.05, 0) is 51.1 Å². The summed E-state index contributed by atoms with van der Waals surface area (Å²) in [4.78, 5) is 4.30. The van der Waals surface area contributed by atoms with Crippen LogP contribution in [0.5, 0.6) is 0 Å². The van der Waals surface area contributed by atoms with E-state index < -0.39 is 0 Å². The monoisotopic (exact) mass is 265 g/mol. The summed E-state index contributed by atoms with van der Waals surface area (Å²) in [5, 5.41) is 0. The van der Waals surface area contributed by atoms with Crippen LogP contribution in [0.4, 0.5) is 10.1 Å². The van der Waals surface area contributed by atoms with Gasteiger partial charge < -0.3 is 15.5 Å². The third kappa shape index (κ3) is 2.74. The molecule has 2 rings (SSSR count). The van der Waals surface area contributed by atoms with Crippen molar-refractivity contribution in [3.8, 4) is 0 Å². The maximum atomic E-state index is 14.1. The average molecular weight is 265 g/mol. The fraction of sp³-hybridized carbons (Fsp3) is 0.600. The fourth-order valence-corrected chi connectivity index (χ4v) is 2.85. The van der Waals surface area contributed by atoms with Crippen LogP contribution < -0.4 is 10.6 Å². The Morgan fingerprint density at radius 3 is 2.37 bits per heavy atom. The van der Waals surface area contributed by atoms with Gasteiger partial charge in [0.1, 0.15) is 5.82 Å². The van der Waals surface area contributed by atoms with Crippen molar-refractivity contribution in [2.45, 2.75) is 31.3 Å². The smallest absolute Gasteiger partial charge is 0.146 e. The zero-order valence-electron chi connectivity index (χ0n) is 12.1. The molecule has 1 aromatic carbocycles. The number of hydrogen-bond acceptors (Lipinski definition) is 3. The summed E-state index contributed by atoms with van der Waals surface area (Å²) in [6.45, 7) is 1.24. The predicted octanol–water partition coefficient (Wildman–Crippen LogP) is 2.20. The number of rotatable bonds is 5. The first-order chi connectivity index (χ1) is 8.98. The van der Waals surface area contributed by atoms with Crippen molar-refractivity contribution in [1.29, 1.82) is 0 Å². The van der Waals surface area contributed by atoms with Crippen LogP contribution in [-0.4, -0.2) is 38.1 Å². The molecule has 0 unspecified atom stereocenters. The van der Waals surface area contributed by atoms with Gasteiger partial charge in [-0.2, -0.15) is 0 Å². The van der Waals surface area contributed by atoms with Crippen LogP contribution in [0.1, 0.15) is 24.8 Å². The highest BCUT2D eigenvalue weighted by atomic mass is 19.1. The van der Waals surface area contributed by atoms with Gasteiger partial charge in [-0.3, -0.25) is 0 Å². The van der Waals surface area contributed by atoms with E-state index in [0.29, 0.717) is 12.2 Å². The van der Waals surface area contributed by atoms with Gasteiger partial charge in [-0.15, -0.1) is 0 Å². The van der Waals surface area contributed by atoms with Crippen molar-refractivity contribution < 1.29 is 4.39 Å². The molecule has 0 aliphatic heterocycles. The topological polar surface area (TPSA) is 32.5 Å². The lowest BCUT2D eigenvalue weighted by molar-refractivity contribution is 0.0682. The average Bonchev–Trinajstić information content (AvgIpc) is 2.32. The second-order valence-corrected chi connectivity index (χ2v) is 5.82. The van der Waals surface area contributed by atoms with Crippen LogP contribution in [-0.2, 0) is 6.54 Å². The van der Waals surface area contributed by atoms with Gasteiger partial charge in [-0.1, -0.05) is 6.07 Å². The molecular weight excluding hydrogens is 241 g/mol. The first kappa shape index (κ1) is 14.3. The number of nitrogens with zero attached hydrogens (tertiary/aromatic N) is 2. The minimum Gasteiger partial charge on any atom is -0.370 e. The van der Waals surface area contributed by atoms with Gasteiger partial charge in [0.05, 0.1) is 5.69 Å². The highest BCUT2D eigenvalue weighted by Gasteiger charge is 2.40. The molecule has 1 fully saturated rings. The van der Waals surface area contributed by atoms with Gasteiger partial charge in [0.15, 0.2) is 0 Å². The lowest BCUT2D eigenvalue weighted by Crippen LogP contribution is -2.56. The minimum atomic E-state index is -0.182. The molecule has 106 valence electrons. The Morgan fingerprint density at radius 2 is 1.95 bits per heavy atom. The Morgan fingerprint density at radius 1 is 1.26 bits per heavy atom. The summed E-state index contributed by atoms with van der Waals surface area (Å²) in [6, 6.07) is 5.27. The van der Waals surface area contributed by atoms with Crippen molar-refractivity contribution in [3.05, 3.63) is 29.6 Å². The summed E-state index contributed by atoms with van der Waals surface area (Å²) < 4.78 is 14.1. The van der Waals surface area contributed by atoms with E-state index in [2.05, 4.69) is 19.0 Å². The molecule has 0 amide bonds. The van der Waals surface area contributed by atoms with Gasteiger partial charge in [0.25, 0.3) is 0 Å². The number of halogens is 1. The second-order valence-electron chi connectivity index (χ2n) is 5.82. The molecule has 0 atom stereocenters. The summed E-state index contributed by atoms with van der Waals surface area (Å²) in [7, 11) is 6.19. The summed E-state index contributed by atoms with van der Waals surface area (Å²) >= 11 is 0. The van der Waals surface area contributed by atoms with Crippen molar-refractivity contribution in [2.24, 2.45) is 5.73 Å². The van der Waals surface area contributed by atoms with E-state index in [1.165, 1.54) is 25.3 Å². The normalized spacial score (nSPS) is 17.4. The second kappa shape index (κ2) is 5.47. The molecule has 0 bridgehead atoms. The van der Waals surface area contributed by atoms with E-state index in [4.69, 9.17) is 5.73 Å². The number of benzene rings is 1. The van der Waals surface area contributed by atoms with E-state index in [-0.39, 0.29) is 11.4 Å². The lowest BCUT2D eigenvalue weighted by Gasteiger charge is -2.49. The zero-order valence-corrected chi connectivity index (χ0v) is 12.1. The van der Waals surface area contributed by atoms with Crippen molar-refractivity contribution >= 4 is 5.69 Å². The maximum Gasteiger partial charge on any atom is 0.146 e. The Kier molecular flexibility index (Phi) is 4.11. The van der Waals surface area contributed by atoms with E-state index in [1.54, 1.807) is 0 Å². The quantitative estimate of drug-likeness (QED) is 0.886. The van der Waals surface area contributed by atoms with Crippen molar-refractivity contribution in [3.63, 3.8) is 0 Å². The Labute approximate surface area is 115 Å². The van der Waals surface area contributed by atoms with Crippen LogP contribution in [0.25, 0.3) is 0 Å². The third-order valence-corrected chi connectivity index (χ3v) is 4.42. The van der Waals surface area contributed by atoms with E-state index in [1.807, 2.05) is 24.1 Å². The molecule has 0 heterocycles. The third-order valence-electron chi connectivity index (χ3n) is 4.42. The first-order valence-corrected chi connectivity index (χ1v) is 6.85. The Balaban J connectivity index is 2.13. The van der Waals surface area contributed by atoms with Gasteiger partial charge in [0.2, 0.25) is 0 Å². The van der Waals surface area contributed by atoms with E-state index in [0.717, 1.165) is 12.1 Å². The highest BCUT2D eigenvalue weighted by Crippen LogP contribution is 2.37. The lowest BCUT2D eigenvalue weighted by atomic mass is 9.75. The molecule has 0 saturated heterocycles. The predicted molar refractivity (Wildman–Crippen MR) is 77.8 cm³/mol. The molecule has 3 nitrogen and oxygen atoms in total. The molecule has 2 N–H and O–H groups in total. The molecule has 1 aromatic rings. The highest BCUT2D eigenvalue weighted by molar-refractivity contribution is 5.49. The summed E-state index contributed by atoms with van der Waals surface area (Å²) in [5.41, 5.74) is 7.22. The largest absolute Gasteiger partial charge is 0.370 e. The maximum absolute atomic E-state index is 14.1. The van der Waals surface area contributed by atoms with Crippen molar-refractivity contribution in [1.82, 2.24) is 4.90 Å². The van der Waals surface area contributed by atoms with Crippen LogP contribution in [0, 0.1) is 5.82 Å². The molecule has 0 aromatic heterocycles. The van der Waals surface area contributed by atoms with Crippen LogP contribution in [0.15, 0.2) is 18.2 Å². The minimum absolute atomic E-state index is 0.182. The van der Waals surface area contributed by atoms with E-state index in [9.17, 15) is 4.39 Å². The molecule has 4 heteroatoms. The number of anilines is 1. The van der Waals surface area contributed by atoms with Crippen molar-refractivity contribution in [2.75, 3.05) is 32.6 Å². The standard InChI is InChI=1S/C15H24FN3/c1-18(2)15(7-4-8-15)11-19(3)14-6-5-12(10-17)9-13(14)16/h5-6,9H,4,7-8,10-11,17H2,1-3H3. The Hall–Kier alpha value is -1.13. The molecule has 0 spiro atoms. The van der Waals surface area contributed by atoms with Crippen LogP contribution in [0.3, 0.4) is 0 Å². The number of nitrogens with two attached hydrogens (primary N) is 1. The van der Waals surface area contributed by atoms with Crippen LogP contribution >= 0.6 is 0 Å². The molecular formula is C15H24FN3. The molecule has 1 saturated carbocycles. The Bertz CT molecular complexity index is 441. The molecule has 1 aliphatic rings. The zero-order chi connectivity index (χ0) is 14.0. The molecule has 19 heavy (non-hydrogen) atoms. The molecule has 1 aliphatic carbocycles. The fourth-order valence-electron chi connectivity index (χ4n) is 2.85. The molecule has 0 radical (unpaired) electrons.